The van der Waals surface area contributed by atoms with Crippen LogP contribution in [-0.4, -0.2) is 63.0 Å². The van der Waals surface area contributed by atoms with E-state index in [1.807, 2.05) is 60.8 Å². The van der Waals surface area contributed by atoms with Crippen LogP contribution in [0.2, 0.25) is 0 Å². The molecule has 9 nitrogen and oxygen atoms in total. The van der Waals surface area contributed by atoms with E-state index in [1.54, 1.807) is 18.7 Å². The molecule has 3 heterocycles. The van der Waals surface area contributed by atoms with E-state index in [0.717, 1.165) is 27.7 Å². The van der Waals surface area contributed by atoms with E-state index in [4.69, 9.17) is 5.73 Å². The van der Waals surface area contributed by atoms with E-state index in [0.29, 0.717) is 25.9 Å². The Morgan fingerprint density at radius 2 is 1.87 bits per heavy atom. The molecule has 10 heteroatoms. The van der Waals surface area contributed by atoms with Crippen LogP contribution in [0.15, 0.2) is 65.9 Å². The number of halogens is 1. The summed E-state index contributed by atoms with van der Waals surface area (Å²) in [5.41, 5.74) is 8.58. The lowest BCUT2D eigenvalue weighted by atomic mass is 9.94. The summed E-state index contributed by atoms with van der Waals surface area (Å²) < 4.78 is 0. The van der Waals surface area contributed by atoms with Gasteiger partial charge < -0.3 is 20.9 Å². The molecule has 1 saturated heterocycles. The highest BCUT2D eigenvalue weighted by molar-refractivity contribution is 6.09. The summed E-state index contributed by atoms with van der Waals surface area (Å²) in [6.07, 6.45) is 2.69. The molecule has 2 aliphatic heterocycles. The fourth-order valence-corrected chi connectivity index (χ4v) is 4.92. The monoisotopic (exact) mass is 536 g/mol. The lowest BCUT2D eigenvalue weighted by molar-refractivity contribution is -0.139. The third-order valence-corrected chi connectivity index (χ3v) is 7.02. The van der Waals surface area contributed by atoms with E-state index in [9.17, 15) is 14.4 Å². The second kappa shape index (κ2) is 11.0. The topological polar surface area (TPSA) is 124 Å². The van der Waals surface area contributed by atoms with E-state index in [-0.39, 0.29) is 30.8 Å². The Balaban J connectivity index is 0.00000336. The number of aromatic nitrogens is 1. The number of benzene rings is 2. The first kappa shape index (κ1) is 27.3. The Morgan fingerprint density at radius 1 is 1.16 bits per heavy atom. The number of hydrogen-bond acceptors (Lipinski definition) is 5. The van der Waals surface area contributed by atoms with Crippen molar-refractivity contribution in [2.75, 3.05) is 13.1 Å². The van der Waals surface area contributed by atoms with E-state index < -0.39 is 23.4 Å². The van der Waals surface area contributed by atoms with Gasteiger partial charge in [0.1, 0.15) is 6.04 Å². The quantitative estimate of drug-likeness (QED) is 0.429. The number of fused-ring (bicyclic) bond motifs is 2. The van der Waals surface area contributed by atoms with E-state index in [1.165, 1.54) is 5.01 Å². The molecule has 0 aliphatic carbocycles. The summed E-state index contributed by atoms with van der Waals surface area (Å²) >= 11 is 0. The first-order valence-electron chi connectivity index (χ1n) is 12.6. The Bertz CT molecular complexity index is 1360. The van der Waals surface area contributed by atoms with Gasteiger partial charge >= 0.3 is 0 Å². The number of nitrogens with two attached hydrogens (primary N) is 1. The van der Waals surface area contributed by atoms with Gasteiger partial charge in [0.05, 0.1) is 23.7 Å². The summed E-state index contributed by atoms with van der Waals surface area (Å²) in [5.74, 6) is -1.19. The number of piperidine rings is 1. The molecule has 38 heavy (non-hydrogen) atoms. The van der Waals surface area contributed by atoms with Crippen molar-refractivity contribution in [2.24, 2.45) is 16.8 Å². The van der Waals surface area contributed by atoms with Gasteiger partial charge in [0, 0.05) is 43.0 Å². The number of carbonyl (C=O) groups is 3. The van der Waals surface area contributed by atoms with Crippen LogP contribution in [0.5, 0.6) is 0 Å². The molecule has 0 spiro atoms. The maximum absolute atomic E-state index is 13.8. The molecule has 5 rings (SSSR count). The van der Waals surface area contributed by atoms with Gasteiger partial charge in [-0.15, -0.1) is 12.4 Å². The third-order valence-electron chi connectivity index (χ3n) is 7.02. The predicted molar refractivity (Wildman–Crippen MR) is 149 cm³/mol. The summed E-state index contributed by atoms with van der Waals surface area (Å²) in [4.78, 5) is 44.7. The van der Waals surface area contributed by atoms with Crippen molar-refractivity contribution >= 4 is 46.7 Å². The van der Waals surface area contributed by atoms with Gasteiger partial charge in [-0.05, 0) is 31.0 Å². The highest BCUT2D eigenvalue weighted by Crippen LogP contribution is 2.26. The summed E-state index contributed by atoms with van der Waals surface area (Å²) in [6.45, 7) is 4.30. The summed E-state index contributed by atoms with van der Waals surface area (Å²) in [5, 5.41) is 9.95. The molecule has 200 valence electrons. The number of aromatic amines is 1. The van der Waals surface area contributed by atoms with Gasteiger partial charge in [0.2, 0.25) is 11.8 Å². The van der Waals surface area contributed by atoms with Crippen molar-refractivity contribution in [1.29, 1.82) is 0 Å². The predicted octanol–water partition coefficient (Wildman–Crippen LogP) is 2.60. The van der Waals surface area contributed by atoms with Gasteiger partial charge in [-0.25, -0.2) is 5.01 Å². The molecule has 1 aromatic heterocycles. The molecule has 2 aliphatic rings. The van der Waals surface area contributed by atoms with Crippen LogP contribution in [-0.2, 0) is 27.3 Å². The van der Waals surface area contributed by atoms with E-state index in [2.05, 4.69) is 15.4 Å². The summed E-state index contributed by atoms with van der Waals surface area (Å²) in [7, 11) is 0. The zero-order valence-electron chi connectivity index (χ0n) is 21.5. The Kier molecular flexibility index (Phi) is 7.89. The number of para-hydroxylation sites is 1. The van der Waals surface area contributed by atoms with Crippen LogP contribution in [0.3, 0.4) is 0 Å². The number of hydrazone groups is 1. The lowest BCUT2D eigenvalue weighted by Crippen LogP contribution is -2.58. The molecule has 2 unspecified atom stereocenters. The van der Waals surface area contributed by atoms with Crippen LogP contribution in [0.25, 0.3) is 10.9 Å². The Hall–Kier alpha value is -3.69. The molecule has 0 radical (unpaired) electrons. The molecular weight excluding hydrogens is 504 g/mol. The van der Waals surface area contributed by atoms with Crippen molar-refractivity contribution in [3.05, 3.63) is 71.9 Å². The van der Waals surface area contributed by atoms with Crippen molar-refractivity contribution in [3.8, 4) is 0 Å². The zero-order chi connectivity index (χ0) is 26.2. The number of amides is 3. The number of hydrogen-bond donors (Lipinski definition) is 3. The Labute approximate surface area is 227 Å². The molecule has 1 fully saturated rings. The van der Waals surface area contributed by atoms with Crippen molar-refractivity contribution in [1.82, 2.24) is 20.2 Å². The number of nitrogens with zero attached hydrogens (tertiary/aromatic N) is 3. The second-order valence-electron chi connectivity index (χ2n) is 10.4. The maximum atomic E-state index is 13.8. The average Bonchev–Trinajstić information content (AvgIpc) is 3.43. The normalized spacial score (nSPS) is 18.0. The van der Waals surface area contributed by atoms with Crippen LogP contribution < -0.4 is 11.1 Å². The second-order valence-corrected chi connectivity index (χ2v) is 10.4. The third kappa shape index (κ3) is 5.58. The maximum Gasteiger partial charge on any atom is 0.253 e. The molecule has 3 aromatic rings. The molecular formula is C28H33ClN6O3. The summed E-state index contributed by atoms with van der Waals surface area (Å²) in [6, 6.07) is 16.7. The average molecular weight is 537 g/mol. The smallest absolute Gasteiger partial charge is 0.253 e. The fourth-order valence-electron chi connectivity index (χ4n) is 4.92. The van der Waals surface area contributed by atoms with Gasteiger partial charge in [0.25, 0.3) is 5.91 Å². The largest absolute Gasteiger partial charge is 0.361 e. The van der Waals surface area contributed by atoms with Gasteiger partial charge in [-0.2, -0.15) is 5.10 Å². The SMILES string of the molecule is CC(C)(N)C(=O)NC(Cc1c[nH]c2ccccc12)C(=O)N1CCC2=NN(Cc3ccccc3)C(=O)C2C1.Cl. The minimum absolute atomic E-state index is 0. The lowest BCUT2D eigenvalue weighted by Gasteiger charge is -2.34. The molecule has 3 amide bonds. The van der Waals surface area contributed by atoms with E-state index >= 15 is 0 Å². The molecule has 4 N–H and O–H groups in total. The van der Waals surface area contributed by atoms with Crippen LogP contribution in [0.4, 0.5) is 0 Å². The molecule has 2 atom stereocenters. The zero-order valence-corrected chi connectivity index (χ0v) is 22.3. The van der Waals surface area contributed by atoms with Crippen molar-refractivity contribution in [3.63, 3.8) is 0 Å². The molecule has 0 bridgehead atoms. The first-order valence-corrected chi connectivity index (χ1v) is 12.6. The molecule has 0 saturated carbocycles. The minimum Gasteiger partial charge on any atom is -0.361 e. The number of likely N-dealkylation sites (tertiary alicyclic amines) is 1. The highest BCUT2D eigenvalue weighted by atomic mass is 35.5. The molecule has 2 aromatic carbocycles. The van der Waals surface area contributed by atoms with Crippen molar-refractivity contribution in [2.45, 2.75) is 44.8 Å². The minimum atomic E-state index is -1.14. The fraction of sp³-hybridized carbons (Fsp3) is 0.357. The van der Waals surface area contributed by atoms with Crippen molar-refractivity contribution < 1.29 is 14.4 Å². The standard InChI is InChI=1S/C28H32N6O3.ClH/c1-28(2,29)27(37)31-24(14-19-15-30-22-11-7-6-10-20(19)22)26(36)33-13-12-23-21(17-33)25(35)34(32-23)16-18-8-4-3-5-9-18;/h3-11,15,21,24,30H,12-14,16-17,29H2,1-2H3,(H,31,37);1H. The number of nitrogens with one attached hydrogen (secondary N) is 2. The van der Waals surface area contributed by atoms with Crippen LogP contribution in [0, 0.1) is 5.92 Å². The van der Waals surface area contributed by atoms with Crippen LogP contribution >= 0.6 is 12.4 Å². The van der Waals surface area contributed by atoms with Gasteiger partial charge in [-0.1, -0.05) is 48.5 Å². The highest BCUT2D eigenvalue weighted by Gasteiger charge is 2.42. The van der Waals surface area contributed by atoms with Crippen LogP contribution in [0.1, 0.15) is 31.4 Å². The Morgan fingerprint density at radius 3 is 2.61 bits per heavy atom. The number of rotatable bonds is 7. The number of H-pyrrole nitrogens is 1. The first-order chi connectivity index (χ1) is 17.7. The number of carbonyl (C=O) groups excluding carboxylic acids is 3. The van der Waals surface area contributed by atoms with Gasteiger partial charge in [0.15, 0.2) is 0 Å². The van der Waals surface area contributed by atoms with Gasteiger partial charge in [-0.3, -0.25) is 14.4 Å².